The Morgan fingerprint density at radius 3 is 2.40 bits per heavy atom. The summed E-state index contributed by atoms with van der Waals surface area (Å²) in [5.74, 6) is 0.112. The highest BCUT2D eigenvalue weighted by Gasteiger charge is 2.30. The summed E-state index contributed by atoms with van der Waals surface area (Å²) >= 11 is 0. The molecule has 1 aliphatic rings. The van der Waals surface area contributed by atoms with E-state index in [-0.39, 0.29) is 29.3 Å². The predicted octanol–water partition coefficient (Wildman–Crippen LogP) is 3.88. The highest BCUT2D eigenvalue weighted by molar-refractivity contribution is 7.89. The zero-order chi connectivity index (χ0) is 24.6. The van der Waals surface area contributed by atoms with E-state index in [0.29, 0.717) is 30.2 Å². The number of nitrogens with zero attached hydrogens (tertiary/aromatic N) is 1. The standard InChI is InChI=1S/C25H24N2O7S/c1-31-21-8-7-16(13-24(21)35(29,30)27-9-11-33-12-10-27)25(28)26-19-15-22-18(14-23(19)32-2)17-5-3-4-6-20(17)34-22/h3-8,13-15H,9-12H2,1-2H3,(H,26,28). The van der Waals surface area contributed by atoms with Crippen molar-refractivity contribution in [2.75, 3.05) is 45.8 Å². The van der Waals surface area contributed by atoms with Gasteiger partial charge in [-0.2, -0.15) is 4.31 Å². The molecule has 1 N–H and O–H groups in total. The topological polar surface area (TPSA) is 107 Å². The van der Waals surface area contributed by atoms with Gasteiger partial charge in [-0.05, 0) is 30.3 Å². The van der Waals surface area contributed by atoms with Gasteiger partial charge in [0, 0.05) is 35.5 Å². The molecular formula is C25H24N2O7S. The largest absolute Gasteiger partial charge is 0.495 e. The first kappa shape index (κ1) is 23.2. The second kappa shape index (κ2) is 9.21. The first-order chi connectivity index (χ1) is 16.9. The molecule has 0 saturated carbocycles. The van der Waals surface area contributed by atoms with Crippen LogP contribution in [0.5, 0.6) is 11.5 Å². The summed E-state index contributed by atoms with van der Waals surface area (Å²) in [5, 5.41) is 4.61. The van der Waals surface area contributed by atoms with Crippen LogP contribution in [0.3, 0.4) is 0 Å². The molecule has 0 unspecified atom stereocenters. The summed E-state index contributed by atoms with van der Waals surface area (Å²) in [4.78, 5) is 13.1. The fourth-order valence-electron chi connectivity index (χ4n) is 4.16. The Bertz CT molecular complexity index is 1520. The maximum atomic E-state index is 13.3. The molecular weight excluding hydrogens is 472 g/mol. The number of rotatable bonds is 6. The van der Waals surface area contributed by atoms with Gasteiger partial charge in [-0.25, -0.2) is 8.42 Å². The van der Waals surface area contributed by atoms with Crippen LogP contribution in [-0.2, 0) is 14.8 Å². The molecule has 0 aliphatic carbocycles. The van der Waals surface area contributed by atoms with Crippen LogP contribution in [-0.4, -0.2) is 59.2 Å². The van der Waals surface area contributed by atoms with Crippen LogP contribution in [0, 0.1) is 0 Å². The van der Waals surface area contributed by atoms with Crippen molar-refractivity contribution >= 4 is 43.6 Å². The van der Waals surface area contributed by atoms with E-state index in [1.54, 1.807) is 12.1 Å². The number of morpholine rings is 1. The van der Waals surface area contributed by atoms with Crippen LogP contribution in [0.15, 0.2) is 63.9 Å². The van der Waals surface area contributed by atoms with Crippen LogP contribution >= 0.6 is 0 Å². The number of para-hydroxylation sites is 1. The summed E-state index contributed by atoms with van der Waals surface area (Å²) in [5.41, 5.74) is 1.87. The zero-order valence-electron chi connectivity index (χ0n) is 19.2. The monoisotopic (exact) mass is 496 g/mol. The quantitative estimate of drug-likeness (QED) is 0.432. The van der Waals surface area contributed by atoms with E-state index in [2.05, 4.69) is 5.32 Å². The Labute approximate surface area is 202 Å². The maximum absolute atomic E-state index is 13.3. The number of hydrogen-bond donors (Lipinski definition) is 1. The van der Waals surface area contributed by atoms with Crippen LogP contribution in [0.25, 0.3) is 21.9 Å². The van der Waals surface area contributed by atoms with Gasteiger partial charge in [0.2, 0.25) is 10.0 Å². The van der Waals surface area contributed by atoms with E-state index in [4.69, 9.17) is 18.6 Å². The van der Waals surface area contributed by atoms with E-state index in [1.165, 1.54) is 36.7 Å². The summed E-state index contributed by atoms with van der Waals surface area (Å²) < 4.78 is 49.8. The summed E-state index contributed by atoms with van der Waals surface area (Å²) in [6.07, 6.45) is 0. The molecule has 10 heteroatoms. The first-order valence-electron chi connectivity index (χ1n) is 11.0. The number of benzene rings is 3. The van der Waals surface area contributed by atoms with E-state index in [0.717, 1.165) is 16.4 Å². The number of sulfonamides is 1. The van der Waals surface area contributed by atoms with E-state index >= 15 is 0 Å². The lowest BCUT2D eigenvalue weighted by Gasteiger charge is -2.26. The Kier molecular flexibility index (Phi) is 6.10. The average Bonchev–Trinajstić information content (AvgIpc) is 3.25. The molecule has 5 rings (SSSR count). The van der Waals surface area contributed by atoms with Gasteiger partial charge in [-0.1, -0.05) is 18.2 Å². The Balaban J connectivity index is 1.50. The van der Waals surface area contributed by atoms with Gasteiger partial charge in [0.1, 0.15) is 27.6 Å². The highest BCUT2D eigenvalue weighted by atomic mass is 32.2. The van der Waals surface area contributed by atoms with Crippen LogP contribution in [0.2, 0.25) is 0 Å². The lowest BCUT2D eigenvalue weighted by Crippen LogP contribution is -2.40. The van der Waals surface area contributed by atoms with Crippen LogP contribution in [0.4, 0.5) is 5.69 Å². The minimum atomic E-state index is -3.88. The second-order valence-electron chi connectivity index (χ2n) is 7.98. The van der Waals surface area contributed by atoms with Crippen molar-refractivity contribution in [2.45, 2.75) is 4.90 Å². The van der Waals surface area contributed by atoms with Crippen molar-refractivity contribution in [3.8, 4) is 11.5 Å². The first-order valence-corrected chi connectivity index (χ1v) is 12.4. The number of hydrogen-bond acceptors (Lipinski definition) is 7. The Hall–Kier alpha value is -3.60. The van der Waals surface area contributed by atoms with Crippen molar-refractivity contribution < 1.29 is 31.8 Å². The number of ether oxygens (including phenoxy) is 3. The van der Waals surface area contributed by atoms with Crippen molar-refractivity contribution in [3.05, 3.63) is 60.2 Å². The fraction of sp³-hybridized carbons (Fsp3) is 0.240. The normalized spacial score (nSPS) is 14.8. The van der Waals surface area contributed by atoms with Gasteiger partial charge in [0.15, 0.2) is 0 Å². The highest BCUT2D eigenvalue weighted by Crippen LogP contribution is 2.37. The molecule has 1 amide bonds. The molecule has 1 saturated heterocycles. The van der Waals surface area contributed by atoms with Gasteiger partial charge in [-0.3, -0.25) is 4.79 Å². The molecule has 35 heavy (non-hydrogen) atoms. The Morgan fingerprint density at radius 1 is 0.914 bits per heavy atom. The molecule has 1 fully saturated rings. The average molecular weight is 497 g/mol. The minimum absolute atomic E-state index is 0.0748. The van der Waals surface area contributed by atoms with Crippen molar-refractivity contribution in [3.63, 3.8) is 0 Å². The minimum Gasteiger partial charge on any atom is -0.495 e. The van der Waals surface area contributed by atoms with Crippen molar-refractivity contribution in [2.24, 2.45) is 0 Å². The number of methoxy groups -OCH3 is 2. The fourth-order valence-corrected chi connectivity index (χ4v) is 5.75. The Morgan fingerprint density at radius 2 is 1.66 bits per heavy atom. The maximum Gasteiger partial charge on any atom is 0.255 e. The second-order valence-corrected chi connectivity index (χ2v) is 9.89. The number of nitrogens with one attached hydrogen (secondary N) is 1. The van der Waals surface area contributed by atoms with Crippen molar-refractivity contribution in [1.82, 2.24) is 4.31 Å². The van der Waals surface area contributed by atoms with Gasteiger partial charge in [-0.15, -0.1) is 0 Å². The molecule has 1 aliphatic heterocycles. The van der Waals surface area contributed by atoms with E-state index < -0.39 is 15.9 Å². The number of fused-ring (bicyclic) bond motifs is 3. The number of amides is 1. The smallest absolute Gasteiger partial charge is 0.255 e. The number of anilines is 1. The molecule has 9 nitrogen and oxygen atoms in total. The third-order valence-electron chi connectivity index (χ3n) is 5.96. The number of carbonyl (C=O) groups is 1. The lowest BCUT2D eigenvalue weighted by atomic mass is 10.1. The lowest BCUT2D eigenvalue weighted by molar-refractivity contribution is 0.0729. The molecule has 2 heterocycles. The SMILES string of the molecule is COc1cc2c(cc1NC(=O)c1ccc(OC)c(S(=O)(=O)N3CCOCC3)c1)oc1ccccc12. The zero-order valence-corrected chi connectivity index (χ0v) is 20.1. The molecule has 0 atom stereocenters. The van der Waals surface area contributed by atoms with Gasteiger partial charge in [0.05, 0.1) is 33.1 Å². The molecule has 0 spiro atoms. The van der Waals surface area contributed by atoms with Gasteiger partial charge >= 0.3 is 0 Å². The number of furan rings is 1. The molecule has 0 radical (unpaired) electrons. The molecule has 4 aromatic rings. The predicted molar refractivity (Wildman–Crippen MR) is 131 cm³/mol. The summed E-state index contributed by atoms with van der Waals surface area (Å²) in [6.45, 7) is 1.09. The van der Waals surface area contributed by atoms with Crippen molar-refractivity contribution in [1.29, 1.82) is 0 Å². The van der Waals surface area contributed by atoms with E-state index in [1.807, 2.05) is 24.3 Å². The molecule has 0 bridgehead atoms. The summed E-state index contributed by atoms with van der Waals surface area (Å²) in [7, 11) is -0.978. The van der Waals surface area contributed by atoms with Crippen LogP contribution in [0.1, 0.15) is 10.4 Å². The third-order valence-corrected chi connectivity index (χ3v) is 7.88. The molecule has 182 valence electrons. The molecule has 1 aromatic heterocycles. The third kappa shape index (κ3) is 4.20. The van der Waals surface area contributed by atoms with Gasteiger partial charge in [0.25, 0.3) is 5.91 Å². The molecule has 3 aromatic carbocycles. The van der Waals surface area contributed by atoms with E-state index in [9.17, 15) is 13.2 Å². The number of carbonyl (C=O) groups excluding carboxylic acids is 1. The summed E-state index contributed by atoms with van der Waals surface area (Å²) in [6, 6.07) is 15.4. The van der Waals surface area contributed by atoms with Crippen LogP contribution < -0.4 is 14.8 Å². The van der Waals surface area contributed by atoms with Gasteiger partial charge < -0.3 is 23.9 Å².